The first kappa shape index (κ1) is 67.1. The Morgan fingerprint density at radius 1 is 0.269 bits per heavy atom. The number of rotatable bonds is 10. The fraction of sp³-hybridized carbons (Fsp3) is 0.0625. The molecule has 19 rings (SSSR count). The summed E-state index contributed by atoms with van der Waals surface area (Å²) in [6.07, 6.45) is 19.0. The van der Waals surface area contributed by atoms with Gasteiger partial charge in [0.2, 0.25) is 0 Å². The average molecular weight is 1460 g/mol. The molecule has 0 saturated heterocycles. The van der Waals surface area contributed by atoms with Crippen LogP contribution >= 0.6 is 11.3 Å². The quantitative estimate of drug-likeness (QED) is 0.123. The molecule has 0 aliphatic carbocycles. The maximum absolute atomic E-state index is 7.10. The van der Waals surface area contributed by atoms with Crippen molar-refractivity contribution in [3.05, 3.63) is 328 Å². The molecule has 12 heteroatoms. The van der Waals surface area contributed by atoms with Gasteiger partial charge in [0.15, 0.2) is 0 Å². The predicted molar refractivity (Wildman–Crippen MR) is 443 cm³/mol. The number of benzene rings is 8. The molecule has 0 unspecified atom stereocenters. The van der Waals surface area contributed by atoms with Crippen LogP contribution in [0.4, 0.5) is 0 Å². The van der Waals surface area contributed by atoms with Crippen molar-refractivity contribution in [2.24, 2.45) is 0 Å². The Morgan fingerprint density at radius 3 is 0.833 bits per heavy atom. The fourth-order valence-corrected chi connectivity index (χ4v) is 16.0. The second-order valence-electron chi connectivity index (χ2n) is 28.0. The maximum atomic E-state index is 7.10. The van der Waals surface area contributed by atoms with Crippen LogP contribution in [-0.4, -0.2) is 34.9 Å². The van der Waals surface area contributed by atoms with E-state index in [1.165, 1.54) is 33.4 Å². The molecular formula is C96H67N9OSZn. The van der Waals surface area contributed by atoms with E-state index in [0.717, 1.165) is 189 Å². The SMILES string of the molecule is Cc1ccc(-c2c3nc(c(-c4ccc(C)cc4)c4ccc([n-]4)c(-c4ccc(-c5cn(-c6ccc(-c7c8nc(c(-c9ccc(C)cc9)c9ccc(o9)c(-c9ccc(C)cc9)c9nc(c(-c%10ccc(C)cc%10)c%10ccc7s%10)C=C9)C=C8)cc6)nn5)cc4)c4nc(c(-c5ccc(C)cc5)c5ccc2[n-]5)C=C4)C=C3)cc1.[Zn+2]. The Kier molecular flexibility index (Phi) is 17.1. The van der Waals surface area contributed by atoms with Crippen molar-refractivity contribution in [1.29, 1.82) is 0 Å². The normalized spacial score (nSPS) is 12.1. The molecule has 16 bridgehead atoms. The molecule has 0 radical (unpaired) electrons. The molecular weight excluding hydrogens is 1390 g/mol. The molecule has 10 nitrogen and oxygen atoms in total. The summed E-state index contributed by atoms with van der Waals surface area (Å²) in [6, 6.07) is 86.0. The van der Waals surface area contributed by atoms with E-state index in [0.29, 0.717) is 5.58 Å². The zero-order valence-electron chi connectivity index (χ0n) is 60.3. The van der Waals surface area contributed by atoms with E-state index in [-0.39, 0.29) is 19.5 Å². The predicted octanol–water partition coefficient (Wildman–Crippen LogP) is 24.3. The van der Waals surface area contributed by atoms with Crippen molar-refractivity contribution in [3.63, 3.8) is 0 Å². The first-order chi connectivity index (χ1) is 52.4. The number of nitrogens with zero attached hydrogens (tertiary/aromatic N) is 9. The zero-order valence-corrected chi connectivity index (χ0v) is 64.1. The third-order valence-corrected chi connectivity index (χ3v) is 21.7. The summed E-state index contributed by atoms with van der Waals surface area (Å²) in [7, 11) is 0. The van der Waals surface area contributed by atoms with E-state index < -0.39 is 0 Å². The van der Waals surface area contributed by atoms with Gasteiger partial charge in [-0.2, -0.15) is 0 Å². The van der Waals surface area contributed by atoms with E-state index in [9.17, 15) is 0 Å². The van der Waals surface area contributed by atoms with Crippen molar-refractivity contribution in [3.8, 4) is 106 Å². The van der Waals surface area contributed by atoms with Crippen molar-refractivity contribution < 1.29 is 23.9 Å². The van der Waals surface area contributed by atoms with Gasteiger partial charge in [-0.05, 0) is 193 Å². The van der Waals surface area contributed by atoms with Gasteiger partial charge in [0.25, 0.3) is 0 Å². The molecule has 108 heavy (non-hydrogen) atoms. The van der Waals surface area contributed by atoms with Crippen LogP contribution in [0.25, 0.3) is 197 Å². The van der Waals surface area contributed by atoms with Crippen LogP contribution in [-0.2, 0) is 19.5 Å². The van der Waals surface area contributed by atoms with Gasteiger partial charge in [0.1, 0.15) is 16.9 Å². The number of hydrogen-bond donors (Lipinski definition) is 0. The number of hydrogen-bond acceptors (Lipinski definition) is 8. The molecule has 0 spiro atoms. The minimum absolute atomic E-state index is 0. The number of fused-ring (bicyclic) bond motifs is 16. The number of furan rings is 1. The topological polar surface area (TPSA) is 124 Å². The first-order valence-electron chi connectivity index (χ1n) is 36.0. The third kappa shape index (κ3) is 12.4. The van der Waals surface area contributed by atoms with Crippen LogP contribution in [0, 0.1) is 41.5 Å². The number of aromatic nitrogens is 9. The largest absolute Gasteiger partial charge is 2.00 e. The zero-order chi connectivity index (χ0) is 72.0. The second-order valence-corrected chi connectivity index (χ2v) is 29.1. The van der Waals surface area contributed by atoms with Crippen molar-refractivity contribution in [1.82, 2.24) is 44.9 Å². The first-order valence-corrected chi connectivity index (χ1v) is 36.8. The summed E-state index contributed by atoms with van der Waals surface area (Å²) < 4.78 is 11.1. The van der Waals surface area contributed by atoms with Gasteiger partial charge in [-0.15, -0.1) is 38.5 Å². The van der Waals surface area contributed by atoms with Crippen LogP contribution in [0.2, 0.25) is 0 Å². The summed E-state index contributed by atoms with van der Waals surface area (Å²) in [4.78, 5) is 33.2. The minimum Gasteiger partial charge on any atom is -0.657 e. The molecule has 0 N–H and O–H groups in total. The maximum Gasteiger partial charge on any atom is 2.00 e. The van der Waals surface area contributed by atoms with Crippen LogP contribution < -0.4 is 9.97 Å². The molecule has 8 aromatic carbocycles. The number of thiophene rings is 1. The molecule has 0 atom stereocenters. The van der Waals surface area contributed by atoms with Gasteiger partial charge in [-0.1, -0.05) is 245 Å². The van der Waals surface area contributed by atoms with E-state index in [2.05, 4.69) is 333 Å². The van der Waals surface area contributed by atoms with Gasteiger partial charge >= 0.3 is 19.5 Å². The van der Waals surface area contributed by atoms with Crippen molar-refractivity contribution in [2.45, 2.75) is 41.5 Å². The van der Waals surface area contributed by atoms with Crippen LogP contribution in [0.1, 0.15) is 78.9 Å². The summed E-state index contributed by atoms with van der Waals surface area (Å²) >= 11 is 1.74. The van der Waals surface area contributed by atoms with Crippen LogP contribution in [0.3, 0.4) is 0 Å². The van der Waals surface area contributed by atoms with E-state index in [1.807, 2.05) is 10.9 Å². The van der Waals surface area contributed by atoms with Gasteiger partial charge in [0, 0.05) is 26.1 Å². The summed E-state index contributed by atoms with van der Waals surface area (Å²) in [5, 5.41) is 9.57. The Hall–Kier alpha value is -12.9. The average Bonchev–Trinajstić information content (AvgIpc) is 1.61. The Labute approximate surface area is 642 Å². The second kappa shape index (κ2) is 27.6. The monoisotopic (exact) mass is 1460 g/mol. The van der Waals surface area contributed by atoms with Crippen LogP contribution in [0.15, 0.2) is 253 Å². The number of aryl methyl sites for hydroxylation is 6. The Morgan fingerprint density at radius 2 is 0.519 bits per heavy atom. The summed E-state index contributed by atoms with van der Waals surface area (Å²) in [5.74, 6) is 0. The Balaban J connectivity index is 0.00000822. The Bertz CT molecular complexity index is 6120. The van der Waals surface area contributed by atoms with Gasteiger partial charge in [0.05, 0.1) is 68.6 Å². The molecule has 510 valence electrons. The van der Waals surface area contributed by atoms with Crippen molar-refractivity contribution >= 4 is 103 Å². The van der Waals surface area contributed by atoms with E-state index in [4.69, 9.17) is 44.6 Å². The molecule has 4 aliphatic heterocycles. The molecule has 0 amide bonds. The molecule has 7 aromatic heterocycles. The standard InChI is InChI=1S/C96H67N9OS.Zn/c1-56-7-19-63(20-8-56)89-72-39-41-74(97-72)90(64-21-9-57(2)10-22-64)76-43-45-78(99-76)92(79-46-44-77(100-79)91(75-42-40-73(89)98-75)65-23-11-58(3)12-24-65)66-33-31-62(32-34-66)84-55-105(104-103-84)71-37-35-70(36-38-71)96-83-50-48-81(102-83)94(68-27-15-60(5)16-28-68)86-52-51-85(106-86)93(67-25-13-59(4)14-26-67)80-47-49-82(101-80)95(87-53-54-88(96)107-87)69-29-17-61(6)18-30-69;/h7-55H,1-6H3;/q-2;+2. The van der Waals surface area contributed by atoms with Gasteiger partial charge < -0.3 is 14.4 Å². The van der Waals surface area contributed by atoms with Gasteiger partial charge in [-0.25, -0.2) is 24.6 Å². The van der Waals surface area contributed by atoms with E-state index >= 15 is 0 Å². The molecule has 11 heterocycles. The van der Waals surface area contributed by atoms with Gasteiger partial charge in [-0.3, -0.25) is 0 Å². The molecule has 0 fully saturated rings. The molecule has 0 saturated carbocycles. The van der Waals surface area contributed by atoms with Crippen molar-refractivity contribution in [2.75, 3.05) is 0 Å². The molecule has 4 aliphatic rings. The van der Waals surface area contributed by atoms with Crippen LogP contribution in [0.5, 0.6) is 0 Å². The third-order valence-electron chi connectivity index (χ3n) is 20.5. The smallest absolute Gasteiger partial charge is 0.657 e. The minimum atomic E-state index is 0. The summed E-state index contributed by atoms with van der Waals surface area (Å²) in [6.45, 7) is 12.7. The summed E-state index contributed by atoms with van der Waals surface area (Å²) in [5.41, 5.74) is 36.4. The van der Waals surface area contributed by atoms with E-state index in [1.54, 1.807) is 11.3 Å². The fourth-order valence-electron chi connectivity index (χ4n) is 14.9. The molecule has 15 aromatic rings.